The van der Waals surface area contributed by atoms with Crippen molar-refractivity contribution in [2.24, 2.45) is 0 Å². The Morgan fingerprint density at radius 3 is 3.00 bits per heavy atom. The molecule has 86 valence electrons. The van der Waals surface area contributed by atoms with Gasteiger partial charge in [0.25, 0.3) is 0 Å². The molecule has 0 aliphatic carbocycles. The van der Waals surface area contributed by atoms with Crippen molar-refractivity contribution in [1.29, 1.82) is 0 Å². The Morgan fingerprint density at radius 2 is 2.31 bits per heavy atom. The topological polar surface area (TPSA) is 29.3 Å². The molecule has 1 unspecified atom stereocenters. The van der Waals surface area contributed by atoms with Gasteiger partial charge in [-0.05, 0) is 41.5 Å². The van der Waals surface area contributed by atoms with Gasteiger partial charge in [-0.3, -0.25) is 0 Å². The van der Waals surface area contributed by atoms with E-state index in [4.69, 9.17) is 0 Å². The molecule has 1 N–H and O–H groups in total. The molecule has 0 aromatic carbocycles. The second-order valence-corrected chi connectivity index (χ2v) is 4.63. The van der Waals surface area contributed by atoms with E-state index in [0.717, 1.165) is 28.9 Å². The van der Waals surface area contributed by atoms with Crippen molar-refractivity contribution in [3.63, 3.8) is 0 Å². The molecule has 0 aliphatic rings. The molecule has 2 rings (SSSR count). The molecule has 0 saturated carbocycles. The van der Waals surface area contributed by atoms with E-state index in [9.17, 15) is 0 Å². The lowest BCUT2D eigenvalue weighted by molar-refractivity contribution is 0.578. The van der Waals surface area contributed by atoms with Crippen LogP contribution < -0.4 is 5.32 Å². The summed E-state index contributed by atoms with van der Waals surface area (Å²) in [6.07, 6.45) is 3.15. The summed E-state index contributed by atoms with van der Waals surface area (Å²) < 4.78 is 3.09. The molecule has 0 spiro atoms. The number of aromatic nitrogens is 2. The molecular weight excluding hydrogens is 266 g/mol. The fraction of sp³-hybridized carbons (Fsp3) is 0.417. The van der Waals surface area contributed by atoms with Gasteiger partial charge in [0.05, 0.1) is 5.52 Å². The van der Waals surface area contributed by atoms with Gasteiger partial charge >= 0.3 is 0 Å². The van der Waals surface area contributed by atoms with Crippen LogP contribution in [0, 0.1) is 0 Å². The van der Waals surface area contributed by atoms with E-state index in [0.29, 0.717) is 5.92 Å². The Hall–Kier alpha value is -0.870. The van der Waals surface area contributed by atoms with Crippen LogP contribution in [0.5, 0.6) is 0 Å². The highest BCUT2D eigenvalue weighted by molar-refractivity contribution is 9.10. The molecular formula is C12H16BrN3. The van der Waals surface area contributed by atoms with Crippen LogP contribution in [-0.4, -0.2) is 23.0 Å². The van der Waals surface area contributed by atoms with E-state index in [1.54, 1.807) is 0 Å². The number of imidazole rings is 1. The third-order valence-electron chi connectivity index (χ3n) is 2.84. The molecule has 0 aliphatic heterocycles. The molecule has 0 radical (unpaired) electrons. The van der Waals surface area contributed by atoms with E-state index in [1.165, 1.54) is 0 Å². The molecule has 0 fully saturated rings. The smallest absolute Gasteiger partial charge is 0.132 e. The van der Waals surface area contributed by atoms with Crippen molar-refractivity contribution >= 4 is 21.4 Å². The van der Waals surface area contributed by atoms with Crippen molar-refractivity contribution in [1.82, 2.24) is 14.7 Å². The minimum Gasteiger partial charge on any atom is -0.319 e. The molecule has 4 heteroatoms. The second-order valence-electron chi connectivity index (χ2n) is 3.88. The molecule has 2 aromatic rings. The van der Waals surface area contributed by atoms with Crippen molar-refractivity contribution in [2.75, 3.05) is 13.6 Å². The summed E-state index contributed by atoms with van der Waals surface area (Å²) in [5, 5.41) is 3.22. The van der Waals surface area contributed by atoms with Crippen LogP contribution >= 0.6 is 15.9 Å². The Morgan fingerprint density at radius 1 is 1.50 bits per heavy atom. The zero-order valence-electron chi connectivity index (χ0n) is 9.57. The molecule has 3 nitrogen and oxygen atoms in total. The molecule has 0 amide bonds. The lowest BCUT2D eigenvalue weighted by Gasteiger charge is -2.12. The minimum absolute atomic E-state index is 0.450. The summed E-state index contributed by atoms with van der Waals surface area (Å²) in [5.41, 5.74) is 1.13. The number of nitrogens with zero attached hydrogens (tertiary/aromatic N) is 2. The zero-order chi connectivity index (χ0) is 11.5. The first kappa shape index (κ1) is 11.6. The highest BCUT2D eigenvalue weighted by Crippen LogP contribution is 2.24. The van der Waals surface area contributed by atoms with Crippen LogP contribution in [0.25, 0.3) is 5.52 Å². The number of hydrogen-bond acceptors (Lipinski definition) is 2. The van der Waals surface area contributed by atoms with Gasteiger partial charge in [0.2, 0.25) is 0 Å². The largest absolute Gasteiger partial charge is 0.319 e. The third kappa shape index (κ3) is 1.99. The first-order valence-corrected chi connectivity index (χ1v) is 6.34. The predicted molar refractivity (Wildman–Crippen MR) is 69.9 cm³/mol. The van der Waals surface area contributed by atoms with Crippen molar-refractivity contribution in [2.45, 2.75) is 19.3 Å². The summed E-state index contributed by atoms with van der Waals surface area (Å²) in [6.45, 7) is 3.15. The van der Waals surface area contributed by atoms with Crippen LogP contribution in [0.15, 0.2) is 29.0 Å². The zero-order valence-corrected chi connectivity index (χ0v) is 11.2. The fourth-order valence-electron chi connectivity index (χ4n) is 1.98. The molecule has 0 bridgehead atoms. The summed E-state index contributed by atoms with van der Waals surface area (Å²) in [5.74, 6) is 1.57. The van der Waals surface area contributed by atoms with E-state index in [-0.39, 0.29) is 0 Å². The van der Waals surface area contributed by atoms with E-state index in [2.05, 4.69) is 49.8 Å². The third-order valence-corrected chi connectivity index (χ3v) is 3.42. The van der Waals surface area contributed by atoms with Crippen LogP contribution in [0.1, 0.15) is 25.1 Å². The van der Waals surface area contributed by atoms with Gasteiger partial charge in [0, 0.05) is 18.7 Å². The Bertz CT molecular complexity index is 478. The van der Waals surface area contributed by atoms with Gasteiger partial charge in [-0.25, -0.2) is 4.98 Å². The molecule has 1 atom stereocenters. The second kappa shape index (κ2) is 4.97. The lowest BCUT2D eigenvalue weighted by Crippen LogP contribution is -2.18. The Labute approximate surface area is 104 Å². The standard InChI is InChI=1S/C12H16BrN3/c1-3-9(8-14-2)12-15-11(13)10-6-4-5-7-16(10)12/h4-7,9,14H,3,8H2,1-2H3. The number of hydrogen-bond donors (Lipinski definition) is 1. The highest BCUT2D eigenvalue weighted by atomic mass is 79.9. The fourth-order valence-corrected chi connectivity index (χ4v) is 2.48. The maximum absolute atomic E-state index is 4.62. The van der Waals surface area contributed by atoms with E-state index in [1.807, 2.05) is 19.2 Å². The first-order chi connectivity index (χ1) is 7.77. The lowest BCUT2D eigenvalue weighted by atomic mass is 10.1. The van der Waals surface area contributed by atoms with Crippen LogP contribution in [0.3, 0.4) is 0 Å². The number of rotatable bonds is 4. The number of likely N-dealkylation sites (N-methyl/N-ethyl adjacent to an activating group) is 1. The van der Waals surface area contributed by atoms with Crippen molar-refractivity contribution in [3.8, 4) is 0 Å². The first-order valence-electron chi connectivity index (χ1n) is 5.55. The number of pyridine rings is 1. The average molecular weight is 282 g/mol. The molecule has 2 aromatic heterocycles. The van der Waals surface area contributed by atoms with Gasteiger partial charge in [-0.15, -0.1) is 0 Å². The quantitative estimate of drug-likeness (QED) is 0.934. The normalized spacial score (nSPS) is 13.2. The average Bonchev–Trinajstić information content (AvgIpc) is 2.65. The van der Waals surface area contributed by atoms with E-state index >= 15 is 0 Å². The minimum atomic E-state index is 0.450. The summed E-state index contributed by atoms with van der Waals surface area (Å²) in [7, 11) is 1.98. The predicted octanol–water partition coefficient (Wildman–Crippen LogP) is 2.81. The van der Waals surface area contributed by atoms with Gasteiger partial charge in [0.1, 0.15) is 10.4 Å². The van der Waals surface area contributed by atoms with Crippen LogP contribution in [0.4, 0.5) is 0 Å². The monoisotopic (exact) mass is 281 g/mol. The van der Waals surface area contributed by atoms with Gasteiger partial charge < -0.3 is 9.72 Å². The van der Waals surface area contributed by atoms with Gasteiger partial charge in [0.15, 0.2) is 0 Å². The molecule has 16 heavy (non-hydrogen) atoms. The molecule has 0 saturated heterocycles. The van der Waals surface area contributed by atoms with Gasteiger partial charge in [-0.1, -0.05) is 13.0 Å². The van der Waals surface area contributed by atoms with Gasteiger partial charge in [-0.2, -0.15) is 0 Å². The summed E-state index contributed by atoms with van der Waals surface area (Å²) in [4.78, 5) is 4.62. The highest BCUT2D eigenvalue weighted by Gasteiger charge is 2.16. The van der Waals surface area contributed by atoms with Crippen LogP contribution in [-0.2, 0) is 0 Å². The Balaban J connectivity index is 2.51. The SMILES string of the molecule is CCC(CNC)c1nc(Br)c2ccccn12. The van der Waals surface area contributed by atoms with E-state index < -0.39 is 0 Å². The van der Waals surface area contributed by atoms with Crippen molar-refractivity contribution < 1.29 is 0 Å². The maximum atomic E-state index is 4.62. The van der Waals surface area contributed by atoms with Crippen molar-refractivity contribution in [3.05, 3.63) is 34.8 Å². The van der Waals surface area contributed by atoms with Crippen LogP contribution in [0.2, 0.25) is 0 Å². The maximum Gasteiger partial charge on any atom is 0.132 e. The number of fused-ring (bicyclic) bond motifs is 1. The number of nitrogens with one attached hydrogen (secondary N) is 1. The number of halogens is 1. The Kier molecular flexibility index (Phi) is 3.61. The summed E-state index contributed by atoms with van der Waals surface area (Å²) in [6, 6.07) is 6.15. The summed E-state index contributed by atoms with van der Waals surface area (Å²) >= 11 is 3.51. The molecule has 2 heterocycles.